The molecule has 0 bridgehead atoms. The van der Waals surface area contributed by atoms with E-state index in [0.717, 1.165) is 21.6 Å². The van der Waals surface area contributed by atoms with E-state index in [-0.39, 0.29) is 6.04 Å². The maximum atomic E-state index is 5.53. The molecule has 2 nitrogen and oxygen atoms in total. The summed E-state index contributed by atoms with van der Waals surface area (Å²) in [4.78, 5) is 4.47. The first-order chi connectivity index (χ1) is 8.15. The average Bonchev–Trinajstić information content (AvgIpc) is 2.75. The fourth-order valence-electron chi connectivity index (χ4n) is 1.50. The summed E-state index contributed by atoms with van der Waals surface area (Å²) in [5, 5.41) is 0. The van der Waals surface area contributed by atoms with Crippen LogP contribution in [0.3, 0.4) is 0 Å². The van der Waals surface area contributed by atoms with Gasteiger partial charge in [-0.2, -0.15) is 0 Å². The lowest BCUT2D eigenvalue weighted by molar-refractivity contribution is 0.459. The van der Waals surface area contributed by atoms with Crippen molar-refractivity contribution >= 4 is 22.1 Å². The van der Waals surface area contributed by atoms with Gasteiger partial charge in [-0.1, -0.05) is 28.1 Å². The van der Waals surface area contributed by atoms with Gasteiger partial charge in [0.15, 0.2) is 0 Å². The number of aryl methyl sites for hydroxylation is 1. The van der Waals surface area contributed by atoms with Crippen LogP contribution in [-0.2, 0) is 0 Å². The van der Waals surface area contributed by atoms with E-state index in [1.54, 1.807) is 0 Å². The van der Waals surface area contributed by atoms with Crippen molar-refractivity contribution in [3.05, 3.63) is 58.0 Å². The van der Waals surface area contributed by atoms with Crippen molar-refractivity contribution in [2.75, 3.05) is 0 Å². The van der Waals surface area contributed by atoms with Crippen molar-refractivity contribution in [3.63, 3.8) is 0 Å². The molecule has 1 atom stereocenters. The van der Waals surface area contributed by atoms with Crippen LogP contribution in [0.2, 0.25) is 0 Å². The average molecular weight is 292 g/mol. The molecule has 0 saturated heterocycles. The van der Waals surface area contributed by atoms with Crippen LogP contribution < -0.4 is 0 Å². The first-order valence-electron chi connectivity index (χ1n) is 5.50. The second kappa shape index (κ2) is 5.32. The van der Waals surface area contributed by atoms with E-state index in [2.05, 4.69) is 20.9 Å². The lowest BCUT2D eigenvalue weighted by Gasteiger charge is -2.01. The standard InChI is InChI=1S/C14H14BrNO/c1-10-3-8-14(17-10)11(2)16-9-12-4-6-13(15)7-5-12/h3-9,11H,1-2H3/t11-/m0/s1. The number of hydrogen-bond donors (Lipinski definition) is 0. The van der Waals surface area contributed by atoms with Crippen molar-refractivity contribution < 1.29 is 4.42 Å². The van der Waals surface area contributed by atoms with Gasteiger partial charge in [-0.3, -0.25) is 4.99 Å². The minimum absolute atomic E-state index is 0.0485. The van der Waals surface area contributed by atoms with Gasteiger partial charge in [0.25, 0.3) is 0 Å². The van der Waals surface area contributed by atoms with Crippen molar-refractivity contribution in [1.82, 2.24) is 0 Å². The van der Waals surface area contributed by atoms with E-state index < -0.39 is 0 Å². The quantitative estimate of drug-likeness (QED) is 0.763. The highest BCUT2D eigenvalue weighted by Gasteiger charge is 2.06. The van der Waals surface area contributed by atoms with E-state index >= 15 is 0 Å². The minimum atomic E-state index is 0.0485. The number of halogens is 1. The molecule has 0 fully saturated rings. The van der Waals surface area contributed by atoms with Gasteiger partial charge in [0.2, 0.25) is 0 Å². The van der Waals surface area contributed by atoms with E-state index in [1.807, 2.05) is 56.5 Å². The van der Waals surface area contributed by atoms with Gasteiger partial charge in [0.05, 0.1) is 0 Å². The Kier molecular flexibility index (Phi) is 3.79. The third-order valence-corrected chi connectivity index (χ3v) is 3.02. The van der Waals surface area contributed by atoms with Crippen LogP contribution in [0.25, 0.3) is 0 Å². The smallest absolute Gasteiger partial charge is 0.128 e. The Hall–Kier alpha value is -1.35. The van der Waals surface area contributed by atoms with Crippen LogP contribution in [0.4, 0.5) is 0 Å². The van der Waals surface area contributed by atoms with Gasteiger partial charge in [0.1, 0.15) is 17.6 Å². The Balaban J connectivity index is 2.08. The van der Waals surface area contributed by atoms with Crippen LogP contribution in [-0.4, -0.2) is 6.21 Å². The molecule has 3 heteroatoms. The Morgan fingerprint density at radius 2 is 1.88 bits per heavy atom. The van der Waals surface area contributed by atoms with E-state index in [1.165, 1.54) is 0 Å². The molecule has 0 aliphatic carbocycles. The molecule has 2 aromatic rings. The molecule has 0 aliphatic heterocycles. The highest BCUT2D eigenvalue weighted by Crippen LogP contribution is 2.19. The molecular formula is C14H14BrNO. The molecule has 0 unspecified atom stereocenters. The van der Waals surface area contributed by atoms with Crippen LogP contribution in [0.15, 0.2) is 50.3 Å². The largest absolute Gasteiger partial charge is 0.464 e. The van der Waals surface area contributed by atoms with Crippen LogP contribution >= 0.6 is 15.9 Å². The number of benzene rings is 1. The van der Waals surface area contributed by atoms with Crippen molar-refractivity contribution in [2.45, 2.75) is 19.9 Å². The molecule has 1 heterocycles. The molecule has 88 valence electrons. The maximum absolute atomic E-state index is 5.53. The van der Waals surface area contributed by atoms with Gasteiger partial charge >= 0.3 is 0 Å². The molecule has 0 aliphatic rings. The molecule has 1 aromatic carbocycles. The fraction of sp³-hybridized carbons (Fsp3) is 0.214. The molecule has 1 aromatic heterocycles. The first-order valence-corrected chi connectivity index (χ1v) is 6.29. The molecule has 2 rings (SSSR count). The SMILES string of the molecule is Cc1ccc([C@H](C)N=Cc2ccc(Br)cc2)o1. The summed E-state index contributed by atoms with van der Waals surface area (Å²) in [5.74, 6) is 1.82. The Morgan fingerprint density at radius 1 is 1.18 bits per heavy atom. The number of nitrogens with zero attached hydrogens (tertiary/aromatic N) is 1. The van der Waals surface area contributed by atoms with Gasteiger partial charge in [-0.25, -0.2) is 0 Å². The second-order valence-electron chi connectivity index (χ2n) is 3.95. The Labute approximate surface area is 110 Å². The maximum Gasteiger partial charge on any atom is 0.128 e. The van der Waals surface area contributed by atoms with E-state index in [4.69, 9.17) is 4.42 Å². The number of rotatable bonds is 3. The summed E-state index contributed by atoms with van der Waals surface area (Å²) < 4.78 is 6.61. The minimum Gasteiger partial charge on any atom is -0.464 e. The zero-order chi connectivity index (χ0) is 12.3. The van der Waals surface area contributed by atoms with Crippen molar-refractivity contribution in [1.29, 1.82) is 0 Å². The highest BCUT2D eigenvalue weighted by molar-refractivity contribution is 9.10. The zero-order valence-corrected chi connectivity index (χ0v) is 11.4. The molecule has 0 saturated carbocycles. The van der Waals surface area contributed by atoms with Crippen molar-refractivity contribution in [2.24, 2.45) is 4.99 Å². The monoisotopic (exact) mass is 291 g/mol. The molecule has 0 spiro atoms. The third kappa shape index (κ3) is 3.30. The first kappa shape index (κ1) is 12.1. The topological polar surface area (TPSA) is 25.5 Å². The number of furan rings is 1. The fourth-order valence-corrected chi connectivity index (χ4v) is 1.76. The molecule has 0 N–H and O–H groups in total. The normalized spacial score (nSPS) is 13.1. The number of aliphatic imine (C=N–C) groups is 1. The van der Waals surface area contributed by atoms with Crippen molar-refractivity contribution in [3.8, 4) is 0 Å². The van der Waals surface area contributed by atoms with E-state index in [9.17, 15) is 0 Å². The van der Waals surface area contributed by atoms with Crippen LogP contribution in [0.5, 0.6) is 0 Å². The highest BCUT2D eigenvalue weighted by atomic mass is 79.9. The second-order valence-corrected chi connectivity index (χ2v) is 4.87. The molecular weight excluding hydrogens is 278 g/mol. The lowest BCUT2D eigenvalue weighted by atomic mass is 10.2. The molecule has 0 amide bonds. The van der Waals surface area contributed by atoms with Gasteiger partial charge in [0, 0.05) is 10.7 Å². The zero-order valence-electron chi connectivity index (χ0n) is 9.85. The van der Waals surface area contributed by atoms with Gasteiger partial charge in [-0.05, 0) is 43.7 Å². The number of hydrogen-bond acceptors (Lipinski definition) is 2. The summed E-state index contributed by atoms with van der Waals surface area (Å²) in [6, 6.07) is 12.0. The van der Waals surface area contributed by atoms with Gasteiger partial charge < -0.3 is 4.42 Å². The summed E-state index contributed by atoms with van der Waals surface area (Å²) in [7, 11) is 0. The van der Waals surface area contributed by atoms with Crippen LogP contribution in [0, 0.1) is 6.92 Å². The molecule has 0 radical (unpaired) electrons. The van der Waals surface area contributed by atoms with Crippen LogP contribution in [0.1, 0.15) is 30.0 Å². The van der Waals surface area contributed by atoms with E-state index in [0.29, 0.717) is 0 Å². The van der Waals surface area contributed by atoms with Gasteiger partial charge in [-0.15, -0.1) is 0 Å². The lowest BCUT2D eigenvalue weighted by Crippen LogP contribution is -1.88. The summed E-state index contributed by atoms with van der Waals surface area (Å²) >= 11 is 3.41. The predicted molar refractivity (Wildman–Crippen MR) is 73.6 cm³/mol. The summed E-state index contributed by atoms with van der Waals surface area (Å²) in [6.07, 6.45) is 1.87. The Bertz CT molecular complexity index is 513. The third-order valence-electron chi connectivity index (χ3n) is 2.49. The summed E-state index contributed by atoms with van der Waals surface area (Å²) in [6.45, 7) is 3.96. The molecule has 17 heavy (non-hydrogen) atoms. The summed E-state index contributed by atoms with van der Waals surface area (Å²) in [5.41, 5.74) is 1.09. The predicted octanol–water partition coefficient (Wildman–Crippen LogP) is 4.53. The Morgan fingerprint density at radius 3 is 2.47 bits per heavy atom.